The fourth-order valence-corrected chi connectivity index (χ4v) is 3.22. The van der Waals surface area contributed by atoms with Crippen LogP contribution in [0.1, 0.15) is 30.0 Å². The number of para-hydroxylation sites is 1. The van der Waals surface area contributed by atoms with Gasteiger partial charge in [0.1, 0.15) is 11.4 Å². The third kappa shape index (κ3) is 4.11. The second-order valence-corrected chi connectivity index (χ2v) is 6.92. The highest BCUT2D eigenvalue weighted by atomic mass is 16.5. The Bertz CT molecular complexity index is 1120. The van der Waals surface area contributed by atoms with Gasteiger partial charge in [-0.2, -0.15) is 5.10 Å². The van der Waals surface area contributed by atoms with Crippen LogP contribution in [0.5, 0.6) is 5.75 Å². The van der Waals surface area contributed by atoms with E-state index in [0.717, 1.165) is 17.6 Å². The lowest BCUT2D eigenvalue weighted by Gasteiger charge is -2.15. The van der Waals surface area contributed by atoms with E-state index in [1.54, 1.807) is 18.0 Å². The summed E-state index contributed by atoms with van der Waals surface area (Å²) in [5, 5.41) is 15.2. The molecule has 2 N–H and O–H groups in total. The average Bonchev–Trinajstić information content (AvgIpc) is 3.60. The molecule has 0 saturated heterocycles. The molecule has 0 aliphatic heterocycles. The van der Waals surface area contributed by atoms with Gasteiger partial charge in [0.05, 0.1) is 12.8 Å². The molecule has 1 aliphatic rings. The molecule has 3 aromatic rings. The van der Waals surface area contributed by atoms with Crippen molar-refractivity contribution in [2.75, 3.05) is 12.4 Å². The molecule has 4 rings (SSSR count). The lowest BCUT2D eigenvalue weighted by molar-refractivity contribution is 0.411. The van der Waals surface area contributed by atoms with Gasteiger partial charge < -0.3 is 15.5 Å². The SMILES string of the molecule is COc1cc(C2CC2)ccc1-n1ccc(=O)c(/C(=C/C=N)Nc2ccccc2)n1. The molecule has 0 spiro atoms. The first-order valence-corrected chi connectivity index (χ1v) is 9.51. The maximum absolute atomic E-state index is 12.6. The van der Waals surface area contributed by atoms with Crippen LogP contribution in [-0.2, 0) is 0 Å². The van der Waals surface area contributed by atoms with Crippen molar-refractivity contribution in [2.45, 2.75) is 18.8 Å². The van der Waals surface area contributed by atoms with Crippen molar-refractivity contribution in [3.8, 4) is 11.4 Å². The molecule has 1 aliphatic carbocycles. The van der Waals surface area contributed by atoms with E-state index in [-0.39, 0.29) is 11.1 Å². The molecule has 0 amide bonds. The highest BCUT2D eigenvalue weighted by Crippen LogP contribution is 2.42. The van der Waals surface area contributed by atoms with Crippen LogP contribution in [0.3, 0.4) is 0 Å². The van der Waals surface area contributed by atoms with Crippen LogP contribution in [-0.4, -0.2) is 23.1 Å². The van der Waals surface area contributed by atoms with E-state index in [2.05, 4.69) is 16.5 Å². The molecule has 0 atom stereocenters. The summed E-state index contributed by atoms with van der Waals surface area (Å²) in [5.41, 5.74) is 3.29. The van der Waals surface area contributed by atoms with Crippen LogP contribution in [0.15, 0.2) is 71.7 Å². The maximum Gasteiger partial charge on any atom is 0.209 e. The molecule has 0 unspecified atom stereocenters. The zero-order valence-electron chi connectivity index (χ0n) is 16.1. The number of nitrogens with zero attached hydrogens (tertiary/aromatic N) is 2. The monoisotopic (exact) mass is 386 g/mol. The van der Waals surface area contributed by atoms with Gasteiger partial charge in [-0.25, -0.2) is 4.68 Å². The Morgan fingerprint density at radius 2 is 2.00 bits per heavy atom. The molecule has 29 heavy (non-hydrogen) atoms. The quantitative estimate of drug-likeness (QED) is 0.596. The van der Waals surface area contributed by atoms with E-state index in [4.69, 9.17) is 10.1 Å². The molecule has 1 saturated carbocycles. The van der Waals surface area contributed by atoms with Crippen molar-refractivity contribution in [1.29, 1.82) is 5.41 Å². The molecular formula is C23H22N4O2. The number of aromatic nitrogens is 2. The number of benzene rings is 2. The van der Waals surface area contributed by atoms with E-state index in [9.17, 15) is 4.79 Å². The molecule has 0 bridgehead atoms. The second-order valence-electron chi connectivity index (χ2n) is 6.92. The van der Waals surface area contributed by atoms with Crippen molar-refractivity contribution < 1.29 is 4.74 Å². The largest absolute Gasteiger partial charge is 0.494 e. The molecule has 6 heteroatoms. The minimum absolute atomic E-state index is 0.230. The van der Waals surface area contributed by atoms with Crippen molar-refractivity contribution in [3.05, 3.63) is 88.4 Å². The third-order valence-electron chi connectivity index (χ3n) is 4.87. The molecule has 1 fully saturated rings. The number of anilines is 1. The fraction of sp³-hybridized carbons (Fsp3) is 0.174. The Kier molecular flexibility index (Phi) is 5.24. The molecule has 146 valence electrons. The number of hydrogen-bond donors (Lipinski definition) is 2. The second kappa shape index (κ2) is 8.14. The highest BCUT2D eigenvalue weighted by Gasteiger charge is 2.24. The summed E-state index contributed by atoms with van der Waals surface area (Å²) in [5.74, 6) is 1.33. The van der Waals surface area contributed by atoms with Crippen molar-refractivity contribution in [1.82, 2.24) is 9.78 Å². The van der Waals surface area contributed by atoms with Crippen LogP contribution in [0, 0.1) is 5.41 Å². The van der Waals surface area contributed by atoms with Crippen LogP contribution in [0.25, 0.3) is 11.4 Å². The highest BCUT2D eigenvalue weighted by molar-refractivity contribution is 5.86. The average molecular weight is 386 g/mol. The summed E-state index contributed by atoms with van der Waals surface area (Å²) >= 11 is 0. The van der Waals surface area contributed by atoms with Gasteiger partial charge in [-0.1, -0.05) is 24.3 Å². The normalized spacial score (nSPS) is 13.8. The standard InChI is InChI=1S/C23H22N4O2/c1-29-22-15-17(16-7-8-16)9-10-20(22)27-14-12-21(28)23(26-27)19(11-13-24)25-18-5-3-2-4-6-18/h2-6,9-16,24-25H,7-8H2,1H3/b19-11-,24-13?. The predicted molar refractivity (Wildman–Crippen MR) is 115 cm³/mol. The lowest BCUT2D eigenvalue weighted by atomic mass is 10.1. The van der Waals surface area contributed by atoms with Gasteiger partial charge in [0, 0.05) is 24.2 Å². The topological polar surface area (TPSA) is 80.0 Å². The van der Waals surface area contributed by atoms with Crippen molar-refractivity contribution >= 4 is 17.6 Å². The first-order chi connectivity index (χ1) is 14.2. The van der Waals surface area contributed by atoms with E-state index in [1.807, 2.05) is 42.5 Å². The van der Waals surface area contributed by atoms with Crippen LogP contribution >= 0.6 is 0 Å². The minimum Gasteiger partial charge on any atom is -0.494 e. The smallest absolute Gasteiger partial charge is 0.209 e. The van der Waals surface area contributed by atoms with E-state index in [0.29, 0.717) is 17.4 Å². The summed E-state index contributed by atoms with van der Waals surface area (Å²) in [4.78, 5) is 12.6. The van der Waals surface area contributed by atoms with E-state index < -0.39 is 0 Å². The zero-order valence-corrected chi connectivity index (χ0v) is 16.1. The Balaban J connectivity index is 1.74. The molecule has 2 aromatic carbocycles. The number of allylic oxidation sites excluding steroid dienone is 1. The van der Waals surface area contributed by atoms with Crippen LogP contribution in [0.2, 0.25) is 0 Å². The summed E-state index contributed by atoms with van der Waals surface area (Å²) in [6, 6.07) is 17.1. The van der Waals surface area contributed by atoms with Crippen molar-refractivity contribution in [3.63, 3.8) is 0 Å². The first-order valence-electron chi connectivity index (χ1n) is 9.51. The fourth-order valence-electron chi connectivity index (χ4n) is 3.22. The Labute approximate surface area is 169 Å². The summed E-state index contributed by atoms with van der Waals surface area (Å²) < 4.78 is 7.22. The first kappa shape index (κ1) is 18.7. The molecule has 1 aromatic heterocycles. The lowest BCUT2D eigenvalue weighted by Crippen LogP contribution is -2.18. The van der Waals surface area contributed by atoms with Gasteiger partial charge in [0.2, 0.25) is 5.43 Å². The van der Waals surface area contributed by atoms with Gasteiger partial charge in [-0.3, -0.25) is 4.79 Å². The van der Waals surface area contributed by atoms with Crippen LogP contribution < -0.4 is 15.5 Å². The Morgan fingerprint density at radius 3 is 2.69 bits per heavy atom. The Morgan fingerprint density at radius 1 is 1.21 bits per heavy atom. The number of rotatable bonds is 7. The minimum atomic E-state index is -0.230. The van der Waals surface area contributed by atoms with Gasteiger partial charge in [0.25, 0.3) is 0 Å². The van der Waals surface area contributed by atoms with Crippen LogP contribution in [0.4, 0.5) is 5.69 Å². The summed E-state index contributed by atoms with van der Waals surface area (Å²) in [7, 11) is 1.64. The number of nitrogens with one attached hydrogen (secondary N) is 2. The number of ether oxygens (including phenoxy) is 1. The molecule has 6 nitrogen and oxygen atoms in total. The summed E-state index contributed by atoms with van der Waals surface area (Å²) in [6.45, 7) is 0. The Hall–Kier alpha value is -3.67. The number of methoxy groups -OCH3 is 1. The summed E-state index contributed by atoms with van der Waals surface area (Å²) in [6.07, 6.45) is 6.71. The predicted octanol–water partition coefficient (Wildman–Crippen LogP) is 4.22. The van der Waals surface area contributed by atoms with Gasteiger partial charge in [-0.15, -0.1) is 0 Å². The van der Waals surface area contributed by atoms with Gasteiger partial charge in [-0.05, 0) is 54.7 Å². The molecule has 1 heterocycles. The van der Waals surface area contributed by atoms with Gasteiger partial charge >= 0.3 is 0 Å². The van der Waals surface area contributed by atoms with E-state index in [1.165, 1.54) is 30.5 Å². The third-order valence-corrected chi connectivity index (χ3v) is 4.87. The van der Waals surface area contributed by atoms with Gasteiger partial charge in [0.15, 0.2) is 5.69 Å². The zero-order chi connectivity index (χ0) is 20.2. The van der Waals surface area contributed by atoms with E-state index >= 15 is 0 Å². The molecule has 0 radical (unpaired) electrons. The molecular weight excluding hydrogens is 364 g/mol. The van der Waals surface area contributed by atoms with Crippen molar-refractivity contribution in [2.24, 2.45) is 0 Å². The number of hydrogen-bond acceptors (Lipinski definition) is 5. The maximum atomic E-state index is 12.6.